The largest absolute Gasteiger partial charge is 0.371 e. The topological polar surface area (TPSA) is 80.2 Å². The van der Waals surface area contributed by atoms with Crippen molar-refractivity contribution in [1.82, 2.24) is 15.0 Å². The maximum Gasteiger partial charge on any atom is 0.275 e. The van der Waals surface area contributed by atoms with Gasteiger partial charge in [0.2, 0.25) is 0 Å². The third kappa shape index (κ3) is 3.07. The van der Waals surface area contributed by atoms with Crippen LogP contribution in [0.4, 0.5) is 11.5 Å². The van der Waals surface area contributed by atoms with Gasteiger partial charge in [-0.3, -0.25) is 4.79 Å². The zero-order valence-corrected chi connectivity index (χ0v) is 13.3. The van der Waals surface area contributed by atoms with E-state index in [2.05, 4.69) is 20.3 Å². The zero-order valence-electron chi connectivity index (χ0n) is 12.4. The van der Waals surface area contributed by atoms with Gasteiger partial charge in [-0.15, -0.1) is 11.3 Å². The van der Waals surface area contributed by atoms with Crippen molar-refractivity contribution < 1.29 is 9.53 Å². The van der Waals surface area contributed by atoms with Gasteiger partial charge < -0.3 is 15.0 Å². The van der Waals surface area contributed by atoms with Crippen molar-refractivity contribution in [3.63, 3.8) is 0 Å². The summed E-state index contributed by atoms with van der Waals surface area (Å²) in [4.78, 5) is 26.6. The first-order valence-corrected chi connectivity index (χ1v) is 7.89. The summed E-state index contributed by atoms with van der Waals surface area (Å²) in [6, 6.07) is 0. The lowest BCUT2D eigenvalue weighted by atomic mass is 10.2. The van der Waals surface area contributed by atoms with Gasteiger partial charge in [0, 0.05) is 26.1 Å². The molecular weight excluding hydrogens is 302 g/mol. The molecule has 1 saturated heterocycles. The number of carbonyl (C=O) groups is 1. The number of hydrogen-bond donors (Lipinski definition) is 1. The molecule has 1 amide bonds. The van der Waals surface area contributed by atoms with Crippen LogP contribution in [0, 0.1) is 0 Å². The highest BCUT2D eigenvalue weighted by atomic mass is 32.1. The molecule has 8 heteroatoms. The van der Waals surface area contributed by atoms with Gasteiger partial charge in [-0.25, -0.2) is 15.0 Å². The highest BCUT2D eigenvalue weighted by Gasteiger charge is 2.22. The number of rotatable bonds is 4. The van der Waals surface area contributed by atoms with Crippen LogP contribution in [0.3, 0.4) is 0 Å². The number of carbonyl (C=O) groups excluding carboxylic acids is 1. The summed E-state index contributed by atoms with van der Waals surface area (Å²) in [5.41, 5.74) is 0.952. The maximum atomic E-state index is 12.3. The summed E-state index contributed by atoms with van der Waals surface area (Å²) >= 11 is 1.46. The number of nitrogens with one attached hydrogen (secondary N) is 1. The van der Waals surface area contributed by atoms with Gasteiger partial charge in [-0.2, -0.15) is 0 Å². The Morgan fingerprint density at radius 3 is 3.09 bits per heavy atom. The van der Waals surface area contributed by atoms with E-state index < -0.39 is 0 Å². The third-order valence-electron chi connectivity index (χ3n) is 3.32. The number of amides is 1. The highest BCUT2D eigenvalue weighted by molar-refractivity contribution is 7.09. The van der Waals surface area contributed by atoms with Crippen LogP contribution in [0.1, 0.15) is 34.4 Å². The average molecular weight is 319 g/mol. The fourth-order valence-corrected chi connectivity index (χ4v) is 3.15. The molecule has 22 heavy (non-hydrogen) atoms. The molecule has 0 aliphatic carbocycles. The van der Waals surface area contributed by atoms with Crippen LogP contribution >= 0.6 is 11.3 Å². The van der Waals surface area contributed by atoms with Crippen LogP contribution in [0.2, 0.25) is 0 Å². The molecule has 1 aliphatic heterocycles. The van der Waals surface area contributed by atoms with Crippen LogP contribution < -0.4 is 10.2 Å². The predicted octanol–water partition coefficient (Wildman–Crippen LogP) is 2.10. The SMILES string of the molecule is CN(C)c1ncncc1NC(=O)c1csc(C2CCCO2)n1. The normalized spacial score (nSPS) is 17.5. The smallest absolute Gasteiger partial charge is 0.275 e. The van der Waals surface area contributed by atoms with E-state index in [-0.39, 0.29) is 12.0 Å². The Morgan fingerprint density at radius 1 is 1.50 bits per heavy atom. The summed E-state index contributed by atoms with van der Waals surface area (Å²) < 4.78 is 5.59. The Kier molecular flexibility index (Phi) is 4.30. The number of anilines is 2. The number of ether oxygens (including phenoxy) is 1. The molecule has 1 unspecified atom stereocenters. The van der Waals surface area contributed by atoms with E-state index in [0.29, 0.717) is 17.2 Å². The molecular formula is C14H17N5O2S. The molecule has 1 aliphatic rings. The molecule has 0 spiro atoms. The van der Waals surface area contributed by atoms with Crippen molar-refractivity contribution in [3.05, 3.63) is 28.6 Å². The van der Waals surface area contributed by atoms with Crippen LogP contribution in [0.25, 0.3) is 0 Å². The molecule has 0 saturated carbocycles. The molecule has 0 bridgehead atoms. The van der Waals surface area contributed by atoms with Crippen molar-refractivity contribution in [2.45, 2.75) is 18.9 Å². The molecule has 2 aromatic heterocycles. The van der Waals surface area contributed by atoms with E-state index in [1.165, 1.54) is 17.7 Å². The Labute approximate surface area is 132 Å². The molecule has 1 fully saturated rings. The number of thiazole rings is 1. The Hall–Kier alpha value is -2.06. The number of hydrogen-bond acceptors (Lipinski definition) is 7. The zero-order chi connectivity index (χ0) is 15.5. The van der Waals surface area contributed by atoms with Crippen LogP contribution in [0.5, 0.6) is 0 Å². The van der Waals surface area contributed by atoms with Crippen molar-refractivity contribution in [2.24, 2.45) is 0 Å². The monoisotopic (exact) mass is 319 g/mol. The van der Waals surface area contributed by atoms with E-state index in [9.17, 15) is 4.79 Å². The first-order chi connectivity index (χ1) is 10.6. The number of aromatic nitrogens is 3. The minimum absolute atomic E-state index is 0.0314. The lowest BCUT2D eigenvalue weighted by Crippen LogP contribution is -2.18. The summed E-state index contributed by atoms with van der Waals surface area (Å²) in [6.07, 6.45) is 5.06. The Balaban J connectivity index is 1.75. The lowest BCUT2D eigenvalue weighted by molar-refractivity contribution is 0.101. The fourth-order valence-electron chi connectivity index (χ4n) is 2.27. The second-order valence-electron chi connectivity index (χ2n) is 5.18. The van der Waals surface area contributed by atoms with E-state index in [1.807, 2.05) is 19.0 Å². The quantitative estimate of drug-likeness (QED) is 0.929. The number of nitrogens with zero attached hydrogens (tertiary/aromatic N) is 4. The van der Waals surface area contributed by atoms with Gasteiger partial charge in [0.15, 0.2) is 5.82 Å². The van der Waals surface area contributed by atoms with Crippen molar-refractivity contribution in [1.29, 1.82) is 0 Å². The van der Waals surface area contributed by atoms with Crippen molar-refractivity contribution in [2.75, 3.05) is 30.9 Å². The molecule has 2 aromatic rings. The lowest BCUT2D eigenvalue weighted by Gasteiger charge is -2.15. The molecule has 1 atom stereocenters. The second-order valence-corrected chi connectivity index (χ2v) is 6.07. The van der Waals surface area contributed by atoms with Gasteiger partial charge in [0.25, 0.3) is 5.91 Å². The Morgan fingerprint density at radius 2 is 2.36 bits per heavy atom. The van der Waals surface area contributed by atoms with E-state index in [0.717, 1.165) is 24.5 Å². The predicted molar refractivity (Wildman–Crippen MR) is 84.4 cm³/mol. The summed E-state index contributed by atoms with van der Waals surface area (Å²) in [5, 5.41) is 5.43. The third-order valence-corrected chi connectivity index (χ3v) is 4.26. The maximum absolute atomic E-state index is 12.3. The average Bonchev–Trinajstić information content (AvgIpc) is 3.18. The fraction of sp³-hybridized carbons (Fsp3) is 0.429. The van der Waals surface area contributed by atoms with Gasteiger partial charge >= 0.3 is 0 Å². The first kappa shape index (κ1) is 14.9. The molecule has 0 radical (unpaired) electrons. The molecule has 3 heterocycles. The van der Waals surface area contributed by atoms with E-state index >= 15 is 0 Å². The van der Waals surface area contributed by atoms with Crippen molar-refractivity contribution >= 4 is 28.7 Å². The van der Waals surface area contributed by atoms with Gasteiger partial charge in [-0.05, 0) is 12.8 Å². The first-order valence-electron chi connectivity index (χ1n) is 7.01. The van der Waals surface area contributed by atoms with E-state index in [1.54, 1.807) is 11.6 Å². The summed E-state index contributed by atoms with van der Waals surface area (Å²) in [6.45, 7) is 0.763. The molecule has 0 aromatic carbocycles. The molecule has 7 nitrogen and oxygen atoms in total. The van der Waals surface area contributed by atoms with Gasteiger partial charge in [-0.1, -0.05) is 0 Å². The van der Waals surface area contributed by atoms with Crippen molar-refractivity contribution in [3.8, 4) is 0 Å². The summed E-state index contributed by atoms with van der Waals surface area (Å²) in [7, 11) is 3.72. The van der Waals surface area contributed by atoms with Gasteiger partial charge in [0.1, 0.15) is 28.8 Å². The molecule has 1 N–H and O–H groups in total. The highest BCUT2D eigenvalue weighted by Crippen LogP contribution is 2.30. The minimum Gasteiger partial charge on any atom is -0.371 e. The standard InChI is InChI=1S/C14H17N5O2S/c1-19(2)12-9(6-15-8-16-12)17-13(20)10-7-22-14(18-10)11-4-3-5-21-11/h6-8,11H,3-5H2,1-2H3,(H,17,20). The second kappa shape index (κ2) is 6.37. The summed E-state index contributed by atoms with van der Waals surface area (Å²) in [5.74, 6) is 0.385. The van der Waals surface area contributed by atoms with Crippen LogP contribution in [-0.2, 0) is 4.74 Å². The Bertz CT molecular complexity index is 667. The molecule has 116 valence electrons. The molecule has 3 rings (SSSR count). The minimum atomic E-state index is -0.265. The van der Waals surface area contributed by atoms with Gasteiger partial charge in [0.05, 0.1) is 6.20 Å². The van der Waals surface area contributed by atoms with E-state index in [4.69, 9.17) is 4.74 Å². The van der Waals surface area contributed by atoms with Crippen LogP contribution in [0.15, 0.2) is 17.9 Å². The van der Waals surface area contributed by atoms with Crippen LogP contribution in [-0.4, -0.2) is 41.6 Å².